The second-order valence-corrected chi connectivity index (χ2v) is 3.22. The highest BCUT2D eigenvalue weighted by Crippen LogP contribution is 2.21. The van der Waals surface area contributed by atoms with Crippen LogP contribution in [0.25, 0.3) is 10.9 Å². The molecule has 0 spiro atoms. The molecule has 0 aliphatic heterocycles. The zero-order valence-electron chi connectivity index (χ0n) is 7.91. The quantitative estimate of drug-likeness (QED) is 0.646. The van der Waals surface area contributed by atoms with Crippen molar-refractivity contribution < 1.29 is 9.18 Å². The Morgan fingerprint density at radius 2 is 2.21 bits per heavy atom. The molecular weight excluding hydrogens is 183 g/mol. The van der Waals surface area contributed by atoms with Crippen LogP contribution >= 0.6 is 0 Å². The first-order valence-corrected chi connectivity index (χ1v) is 4.21. The van der Waals surface area contributed by atoms with Gasteiger partial charge in [-0.2, -0.15) is 5.10 Å². The van der Waals surface area contributed by atoms with Gasteiger partial charge in [0.25, 0.3) is 0 Å². The van der Waals surface area contributed by atoms with Gasteiger partial charge in [0.1, 0.15) is 5.82 Å². The van der Waals surface area contributed by atoms with E-state index in [1.807, 2.05) is 0 Å². The number of halogens is 1. The molecule has 1 heterocycles. The zero-order chi connectivity index (χ0) is 10.3. The molecule has 0 radical (unpaired) electrons. The number of aryl methyl sites for hydroxylation is 2. The molecule has 0 aliphatic rings. The number of rotatable bonds is 1. The standard InChI is InChI=1S/C10H9FN2O/c1-6-9-4-8(11)3-7(5-14)10(9)13(2)12-6/h3-5H,1-2H3. The van der Waals surface area contributed by atoms with Gasteiger partial charge in [0.15, 0.2) is 6.29 Å². The second-order valence-electron chi connectivity index (χ2n) is 3.22. The Balaban J connectivity index is 2.97. The van der Waals surface area contributed by atoms with Crippen LogP contribution in [-0.2, 0) is 7.05 Å². The van der Waals surface area contributed by atoms with E-state index in [0.29, 0.717) is 22.8 Å². The van der Waals surface area contributed by atoms with E-state index >= 15 is 0 Å². The topological polar surface area (TPSA) is 34.9 Å². The fraction of sp³-hybridized carbons (Fsp3) is 0.200. The first-order valence-electron chi connectivity index (χ1n) is 4.21. The van der Waals surface area contributed by atoms with Crippen molar-refractivity contribution >= 4 is 17.2 Å². The monoisotopic (exact) mass is 192 g/mol. The smallest absolute Gasteiger partial charge is 0.152 e. The molecule has 2 rings (SSSR count). The summed E-state index contributed by atoms with van der Waals surface area (Å²) in [5, 5.41) is 4.82. The summed E-state index contributed by atoms with van der Waals surface area (Å²) in [7, 11) is 1.74. The van der Waals surface area contributed by atoms with Crippen LogP contribution in [0.4, 0.5) is 4.39 Å². The minimum atomic E-state index is -0.407. The molecule has 72 valence electrons. The van der Waals surface area contributed by atoms with Crippen LogP contribution in [0.5, 0.6) is 0 Å². The summed E-state index contributed by atoms with van der Waals surface area (Å²) in [5.41, 5.74) is 1.74. The van der Waals surface area contributed by atoms with E-state index in [1.54, 1.807) is 18.7 Å². The number of aldehydes is 1. The molecule has 4 heteroatoms. The third-order valence-electron chi connectivity index (χ3n) is 2.24. The molecule has 1 aromatic heterocycles. The molecule has 0 amide bonds. The molecular formula is C10H9FN2O. The molecule has 1 aromatic carbocycles. The summed E-state index contributed by atoms with van der Waals surface area (Å²) in [4.78, 5) is 10.7. The molecule has 0 atom stereocenters. The Morgan fingerprint density at radius 1 is 1.50 bits per heavy atom. The van der Waals surface area contributed by atoms with Gasteiger partial charge >= 0.3 is 0 Å². The summed E-state index contributed by atoms with van der Waals surface area (Å²) in [5.74, 6) is -0.407. The van der Waals surface area contributed by atoms with Crippen LogP contribution in [0.1, 0.15) is 16.1 Å². The number of benzene rings is 1. The Bertz CT molecular complexity index is 516. The van der Waals surface area contributed by atoms with Crippen LogP contribution in [0, 0.1) is 12.7 Å². The van der Waals surface area contributed by atoms with Gasteiger partial charge < -0.3 is 0 Å². The van der Waals surface area contributed by atoms with E-state index in [1.165, 1.54) is 12.1 Å². The predicted molar refractivity (Wildman–Crippen MR) is 50.8 cm³/mol. The Labute approximate surface area is 80.1 Å². The molecule has 0 bridgehead atoms. The van der Waals surface area contributed by atoms with Gasteiger partial charge in [0.05, 0.1) is 11.2 Å². The number of fused-ring (bicyclic) bond motifs is 1. The van der Waals surface area contributed by atoms with Crippen molar-refractivity contribution in [3.8, 4) is 0 Å². The van der Waals surface area contributed by atoms with Gasteiger partial charge in [-0.05, 0) is 19.1 Å². The number of nitrogens with zero attached hydrogens (tertiary/aromatic N) is 2. The van der Waals surface area contributed by atoms with E-state index < -0.39 is 5.82 Å². The van der Waals surface area contributed by atoms with Gasteiger partial charge in [0.2, 0.25) is 0 Å². The highest BCUT2D eigenvalue weighted by molar-refractivity contribution is 5.97. The van der Waals surface area contributed by atoms with Crippen molar-refractivity contribution in [2.45, 2.75) is 6.92 Å². The van der Waals surface area contributed by atoms with E-state index in [0.717, 1.165) is 5.69 Å². The highest BCUT2D eigenvalue weighted by atomic mass is 19.1. The number of hydrogen-bond donors (Lipinski definition) is 0. The fourth-order valence-electron chi connectivity index (χ4n) is 1.68. The number of carbonyl (C=O) groups excluding carboxylic acids is 1. The van der Waals surface area contributed by atoms with Crippen LogP contribution in [0.2, 0.25) is 0 Å². The predicted octanol–water partition coefficient (Wildman–Crippen LogP) is 1.83. The summed E-state index contributed by atoms with van der Waals surface area (Å²) >= 11 is 0. The van der Waals surface area contributed by atoms with Crippen LogP contribution in [0.3, 0.4) is 0 Å². The van der Waals surface area contributed by atoms with Crippen molar-refractivity contribution in [2.75, 3.05) is 0 Å². The normalized spacial score (nSPS) is 10.8. The van der Waals surface area contributed by atoms with Gasteiger partial charge in [-0.1, -0.05) is 0 Å². The summed E-state index contributed by atoms with van der Waals surface area (Å²) in [6, 6.07) is 2.61. The first-order chi connectivity index (χ1) is 6.63. The van der Waals surface area contributed by atoms with Crippen molar-refractivity contribution in [3.63, 3.8) is 0 Å². The number of aromatic nitrogens is 2. The summed E-state index contributed by atoms with van der Waals surface area (Å²) in [6.45, 7) is 1.79. The van der Waals surface area contributed by atoms with Crippen molar-refractivity contribution in [3.05, 3.63) is 29.2 Å². The van der Waals surface area contributed by atoms with Crippen molar-refractivity contribution in [2.24, 2.45) is 7.05 Å². The van der Waals surface area contributed by atoms with Gasteiger partial charge in [-0.25, -0.2) is 4.39 Å². The van der Waals surface area contributed by atoms with E-state index in [-0.39, 0.29) is 0 Å². The van der Waals surface area contributed by atoms with Crippen LogP contribution in [-0.4, -0.2) is 16.1 Å². The van der Waals surface area contributed by atoms with E-state index in [9.17, 15) is 9.18 Å². The van der Waals surface area contributed by atoms with Crippen LogP contribution in [0.15, 0.2) is 12.1 Å². The molecule has 0 aliphatic carbocycles. The maximum atomic E-state index is 13.1. The largest absolute Gasteiger partial charge is 0.298 e. The zero-order valence-corrected chi connectivity index (χ0v) is 7.91. The lowest BCUT2D eigenvalue weighted by atomic mass is 10.1. The Morgan fingerprint density at radius 3 is 2.86 bits per heavy atom. The third-order valence-corrected chi connectivity index (χ3v) is 2.24. The average molecular weight is 192 g/mol. The van der Waals surface area contributed by atoms with Gasteiger partial charge in [0, 0.05) is 18.0 Å². The lowest BCUT2D eigenvalue weighted by molar-refractivity contribution is 0.112. The molecule has 14 heavy (non-hydrogen) atoms. The lowest BCUT2D eigenvalue weighted by Gasteiger charge is -1.98. The minimum absolute atomic E-state index is 0.336. The summed E-state index contributed by atoms with van der Waals surface area (Å²) < 4.78 is 14.7. The third kappa shape index (κ3) is 1.11. The lowest BCUT2D eigenvalue weighted by Crippen LogP contribution is -1.94. The maximum Gasteiger partial charge on any atom is 0.152 e. The maximum absolute atomic E-state index is 13.1. The molecule has 0 unspecified atom stereocenters. The first kappa shape index (κ1) is 8.87. The minimum Gasteiger partial charge on any atom is -0.298 e. The Kier molecular flexibility index (Phi) is 1.84. The van der Waals surface area contributed by atoms with Crippen molar-refractivity contribution in [1.29, 1.82) is 0 Å². The van der Waals surface area contributed by atoms with Crippen molar-refractivity contribution in [1.82, 2.24) is 9.78 Å². The second kappa shape index (κ2) is 2.90. The molecule has 0 saturated carbocycles. The Hall–Kier alpha value is -1.71. The van der Waals surface area contributed by atoms with E-state index in [2.05, 4.69) is 5.10 Å². The molecule has 0 saturated heterocycles. The molecule has 3 nitrogen and oxygen atoms in total. The fourth-order valence-corrected chi connectivity index (χ4v) is 1.68. The number of hydrogen-bond acceptors (Lipinski definition) is 2. The SMILES string of the molecule is Cc1nn(C)c2c(C=O)cc(F)cc12. The average Bonchev–Trinajstić information content (AvgIpc) is 2.41. The molecule has 2 aromatic rings. The van der Waals surface area contributed by atoms with Crippen LogP contribution < -0.4 is 0 Å². The highest BCUT2D eigenvalue weighted by Gasteiger charge is 2.10. The van der Waals surface area contributed by atoms with E-state index in [4.69, 9.17) is 0 Å². The number of carbonyl (C=O) groups is 1. The van der Waals surface area contributed by atoms with Gasteiger partial charge in [-0.3, -0.25) is 9.48 Å². The molecule has 0 N–H and O–H groups in total. The summed E-state index contributed by atoms with van der Waals surface area (Å²) in [6.07, 6.45) is 0.645. The van der Waals surface area contributed by atoms with Gasteiger partial charge in [-0.15, -0.1) is 0 Å². The molecule has 0 fully saturated rings.